The molecule has 2 aromatic rings. The number of nitrogens with one attached hydrogen (secondary N) is 1. The zero-order valence-corrected chi connectivity index (χ0v) is 10.6. The number of anilines is 1. The van der Waals surface area contributed by atoms with Crippen LogP contribution in [-0.4, -0.2) is 19.7 Å². The normalized spacial score (nSPS) is 11.8. The van der Waals surface area contributed by atoms with Crippen LogP contribution in [0.25, 0.3) is 0 Å². The highest BCUT2D eigenvalue weighted by Crippen LogP contribution is 2.33. The van der Waals surface area contributed by atoms with Crippen molar-refractivity contribution in [3.8, 4) is 0 Å². The van der Waals surface area contributed by atoms with Crippen LogP contribution < -0.4 is 5.32 Å². The summed E-state index contributed by atoms with van der Waals surface area (Å²) >= 11 is 6.22. The summed E-state index contributed by atoms with van der Waals surface area (Å²) in [6.45, 7) is 0.218. The first-order valence-electron chi connectivity index (χ1n) is 4.68. The lowest BCUT2D eigenvalue weighted by molar-refractivity contribution is -0.138. The van der Waals surface area contributed by atoms with Crippen molar-refractivity contribution >= 4 is 28.1 Å². The first-order chi connectivity index (χ1) is 8.38. The van der Waals surface area contributed by atoms with Gasteiger partial charge in [0.2, 0.25) is 10.1 Å². The Morgan fingerprint density at radius 3 is 2.67 bits per heavy atom. The van der Waals surface area contributed by atoms with E-state index in [2.05, 4.69) is 20.5 Å². The maximum absolute atomic E-state index is 12.3. The van der Waals surface area contributed by atoms with Gasteiger partial charge in [0, 0.05) is 7.05 Å². The van der Waals surface area contributed by atoms with E-state index >= 15 is 0 Å². The molecule has 2 aromatic heterocycles. The molecule has 5 nitrogen and oxygen atoms in total. The van der Waals surface area contributed by atoms with Crippen molar-refractivity contribution in [1.82, 2.24) is 19.7 Å². The fourth-order valence-electron chi connectivity index (χ4n) is 1.15. The molecule has 0 aliphatic rings. The van der Waals surface area contributed by atoms with Gasteiger partial charge in [-0.25, -0.2) is 4.98 Å². The minimum absolute atomic E-state index is 0.0847. The van der Waals surface area contributed by atoms with Gasteiger partial charge in [0.25, 0.3) is 0 Å². The summed E-state index contributed by atoms with van der Waals surface area (Å²) in [5.41, 5.74) is 0. The van der Waals surface area contributed by atoms with Crippen LogP contribution in [0.15, 0.2) is 6.20 Å². The van der Waals surface area contributed by atoms with E-state index in [0.717, 1.165) is 0 Å². The molecule has 10 heteroatoms. The van der Waals surface area contributed by atoms with Crippen LogP contribution in [0, 0.1) is 0 Å². The molecular weight excluding hydrogens is 291 g/mol. The molecule has 18 heavy (non-hydrogen) atoms. The van der Waals surface area contributed by atoms with Gasteiger partial charge in [0.15, 0.2) is 0 Å². The van der Waals surface area contributed by atoms with Gasteiger partial charge < -0.3 is 9.88 Å². The minimum Gasteiger partial charge on any atom is -0.353 e. The topological polar surface area (TPSA) is 55.6 Å². The van der Waals surface area contributed by atoms with Crippen molar-refractivity contribution in [2.24, 2.45) is 7.05 Å². The Hall–Kier alpha value is -1.35. The summed E-state index contributed by atoms with van der Waals surface area (Å²) in [7, 11) is 1.70. The Kier molecular flexibility index (Phi) is 3.44. The van der Waals surface area contributed by atoms with E-state index < -0.39 is 11.2 Å². The summed E-state index contributed by atoms with van der Waals surface area (Å²) in [4.78, 5) is 3.99. The van der Waals surface area contributed by atoms with Crippen LogP contribution >= 0.6 is 22.9 Å². The Labute approximate surface area is 109 Å². The average molecular weight is 298 g/mol. The Balaban J connectivity index is 2.03. The van der Waals surface area contributed by atoms with E-state index in [0.29, 0.717) is 22.3 Å². The highest BCUT2D eigenvalue weighted by Gasteiger charge is 2.35. The van der Waals surface area contributed by atoms with Crippen molar-refractivity contribution in [3.63, 3.8) is 0 Å². The van der Waals surface area contributed by atoms with E-state index in [9.17, 15) is 13.2 Å². The maximum atomic E-state index is 12.3. The highest BCUT2D eigenvalue weighted by atomic mass is 35.5. The smallest absolute Gasteiger partial charge is 0.353 e. The Morgan fingerprint density at radius 2 is 2.17 bits per heavy atom. The van der Waals surface area contributed by atoms with E-state index in [1.165, 1.54) is 6.20 Å². The molecule has 0 saturated carbocycles. The SMILES string of the molecule is Cn1c(Cl)cnc1CNc1nnc(C(F)(F)F)s1. The number of halogens is 4. The molecule has 0 atom stereocenters. The van der Waals surface area contributed by atoms with Gasteiger partial charge in [-0.2, -0.15) is 13.2 Å². The lowest BCUT2D eigenvalue weighted by Gasteiger charge is -2.02. The molecule has 0 aliphatic carbocycles. The zero-order chi connectivity index (χ0) is 13.3. The van der Waals surface area contributed by atoms with Crippen LogP contribution in [0.4, 0.5) is 18.3 Å². The molecule has 0 bridgehead atoms. The molecule has 1 N–H and O–H groups in total. The van der Waals surface area contributed by atoms with E-state index in [1.54, 1.807) is 11.6 Å². The lowest BCUT2D eigenvalue weighted by atomic mass is 10.6. The Bertz CT molecular complexity index is 549. The number of hydrogen-bond acceptors (Lipinski definition) is 5. The van der Waals surface area contributed by atoms with Gasteiger partial charge in [-0.15, -0.1) is 10.2 Å². The number of imidazole rings is 1. The second kappa shape index (κ2) is 4.73. The summed E-state index contributed by atoms with van der Waals surface area (Å²) in [6, 6.07) is 0. The van der Waals surface area contributed by atoms with Crippen molar-refractivity contribution in [2.75, 3.05) is 5.32 Å². The first-order valence-corrected chi connectivity index (χ1v) is 5.88. The van der Waals surface area contributed by atoms with Gasteiger partial charge in [-0.05, 0) is 0 Å². The summed E-state index contributed by atoms with van der Waals surface area (Å²) in [6.07, 6.45) is -3.01. The fraction of sp³-hybridized carbons (Fsp3) is 0.375. The third-order valence-corrected chi connectivity index (χ3v) is 3.37. The monoisotopic (exact) mass is 297 g/mol. The molecule has 0 fully saturated rings. The van der Waals surface area contributed by atoms with Gasteiger partial charge in [-0.3, -0.25) is 0 Å². The molecule has 98 valence electrons. The molecule has 0 aromatic carbocycles. The van der Waals surface area contributed by atoms with Crippen LogP contribution in [0.5, 0.6) is 0 Å². The molecule has 0 aliphatic heterocycles. The van der Waals surface area contributed by atoms with Crippen LogP contribution in [0.2, 0.25) is 5.15 Å². The predicted molar refractivity (Wildman–Crippen MR) is 60.5 cm³/mol. The highest BCUT2D eigenvalue weighted by molar-refractivity contribution is 7.15. The van der Waals surface area contributed by atoms with Crippen molar-refractivity contribution in [1.29, 1.82) is 0 Å². The quantitative estimate of drug-likeness (QED) is 0.946. The zero-order valence-electron chi connectivity index (χ0n) is 8.99. The molecule has 2 heterocycles. The predicted octanol–water partition coefficient (Wildman–Crippen LogP) is 2.56. The van der Waals surface area contributed by atoms with Crippen molar-refractivity contribution < 1.29 is 13.2 Å². The van der Waals surface area contributed by atoms with E-state index in [4.69, 9.17) is 11.6 Å². The van der Waals surface area contributed by atoms with Gasteiger partial charge in [0.05, 0.1) is 12.7 Å². The lowest BCUT2D eigenvalue weighted by Crippen LogP contribution is -2.05. The number of nitrogens with zero attached hydrogens (tertiary/aromatic N) is 4. The Morgan fingerprint density at radius 1 is 1.44 bits per heavy atom. The second-order valence-corrected chi connectivity index (χ2v) is 4.68. The molecule has 0 unspecified atom stereocenters. The number of rotatable bonds is 3. The number of alkyl halides is 3. The molecular formula is C8H7ClF3N5S. The average Bonchev–Trinajstić information content (AvgIpc) is 2.86. The number of aromatic nitrogens is 4. The van der Waals surface area contributed by atoms with Crippen LogP contribution in [0.3, 0.4) is 0 Å². The van der Waals surface area contributed by atoms with Gasteiger partial charge in [0.1, 0.15) is 11.0 Å². The maximum Gasteiger partial charge on any atom is 0.445 e. The molecule has 2 rings (SSSR count). The second-order valence-electron chi connectivity index (χ2n) is 3.32. The fourth-order valence-corrected chi connectivity index (χ4v) is 1.91. The van der Waals surface area contributed by atoms with E-state index in [1.807, 2.05) is 0 Å². The molecule has 0 spiro atoms. The summed E-state index contributed by atoms with van der Waals surface area (Å²) < 4.78 is 38.4. The van der Waals surface area contributed by atoms with Crippen LogP contribution in [0.1, 0.15) is 10.8 Å². The molecule has 0 radical (unpaired) electrons. The minimum atomic E-state index is -4.47. The van der Waals surface area contributed by atoms with Crippen LogP contribution in [-0.2, 0) is 19.8 Å². The first kappa shape index (κ1) is 13.1. The number of hydrogen-bond donors (Lipinski definition) is 1. The third-order valence-electron chi connectivity index (χ3n) is 2.09. The largest absolute Gasteiger partial charge is 0.445 e. The molecule has 0 saturated heterocycles. The summed E-state index contributed by atoms with van der Waals surface area (Å²) in [5.74, 6) is 0.587. The van der Waals surface area contributed by atoms with Gasteiger partial charge in [-0.1, -0.05) is 22.9 Å². The van der Waals surface area contributed by atoms with Gasteiger partial charge >= 0.3 is 6.18 Å². The van der Waals surface area contributed by atoms with E-state index in [-0.39, 0.29) is 11.7 Å². The standard InChI is InChI=1S/C8H7ClF3N5S/c1-17-4(9)2-13-5(17)3-14-7-16-15-6(18-7)8(10,11)12/h2H,3H2,1H3,(H,14,16). The molecule has 0 amide bonds. The summed E-state index contributed by atoms with van der Waals surface area (Å²) in [5, 5.41) is 8.71. The van der Waals surface area contributed by atoms with Crippen molar-refractivity contribution in [3.05, 3.63) is 22.2 Å². The third kappa shape index (κ3) is 2.72. The van der Waals surface area contributed by atoms with Crippen molar-refractivity contribution in [2.45, 2.75) is 12.7 Å².